The second kappa shape index (κ2) is 6.72. The van der Waals surface area contributed by atoms with E-state index in [1.165, 1.54) is 30.1 Å². The molecule has 0 saturated carbocycles. The smallest absolute Gasteiger partial charge is 0.254 e. The highest BCUT2D eigenvalue weighted by atomic mass is 35.5. The van der Waals surface area contributed by atoms with Gasteiger partial charge in [0.15, 0.2) is 6.21 Å². The largest absolute Gasteiger partial charge is 0.622 e. The lowest BCUT2D eigenvalue weighted by atomic mass is 10.1. The summed E-state index contributed by atoms with van der Waals surface area (Å²) in [6, 6.07) is 4.36. The van der Waals surface area contributed by atoms with Crippen molar-refractivity contribution in [1.29, 1.82) is 0 Å². The van der Waals surface area contributed by atoms with Crippen molar-refractivity contribution in [3.8, 4) is 0 Å². The molecule has 7 heteroatoms. The van der Waals surface area contributed by atoms with Gasteiger partial charge in [-0.05, 0) is 32.4 Å². The molecule has 1 heterocycles. The zero-order valence-corrected chi connectivity index (χ0v) is 15.1. The first kappa shape index (κ1) is 17.5. The van der Waals surface area contributed by atoms with E-state index in [2.05, 4.69) is 0 Å². The number of nitrogens with zero attached hydrogens (tertiary/aromatic N) is 2. The third-order valence-electron chi connectivity index (χ3n) is 3.46. The topological polar surface area (TPSA) is 29.3 Å². The highest BCUT2D eigenvalue weighted by Gasteiger charge is 2.50. The van der Waals surface area contributed by atoms with Crippen molar-refractivity contribution < 1.29 is 9.13 Å². The van der Waals surface area contributed by atoms with Gasteiger partial charge in [0.2, 0.25) is 0 Å². The molecule has 0 aromatic heterocycles. The van der Waals surface area contributed by atoms with Crippen molar-refractivity contribution in [1.82, 2.24) is 4.90 Å². The van der Waals surface area contributed by atoms with Gasteiger partial charge in [-0.2, -0.15) is 4.74 Å². The monoisotopic (exact) mass is 360 g/mol. The third kappa shape index (κ3) is 3.39. The van der Waals surface area contributed by atoms with Crippen LogP contribution in [0.15, 0.2) is 18.2 Å². The van der Waals surface area contributed by atoms with Gasteiger partial charge >= 0.3 is 0 Å². The van der Waals surface area contributed by atoms with Crippen molar-refractivity contribution in [3.05, 3.63) is 39.8 Å². The zero-order chi connectivity index (χ0) is 16.5. The van der Waals surface area contributed by atoms with Crippen molar-refractivity contribution in [3.63, 3.8) is 0 Å². The summed E-state index contributed by atoms with van der Waals surface area (Å²) < 4.78 is 15.0. The summed E-state index contributed by atoms with van der Waals surface area (Å²) in [5.74, 6) is -0.513. The van der Waals surface area contributed by atoms with Crippen LogP contribution in [-0.2, 0) is 0 Å². The number of rotatable bonds is 4. The van der Waals surface area contributed by atoms with E-state index in [0.29, 0.717) is 10.9 Å². The minimum atomic E-state index is -0.513. The van der Waals surface area contributed by atoms with Gasteiger partial charge in [0.1, 0.15) is 14.9 Å². The number of thioether (sulfide) groups is 1. The average molecular weight is 361 g/mol. The van der Waals surface area contributed by atoms with Crippen molar-refractivity contribution in [2.24, 2.45) is 0 Å². The van der Waals surface area contributed by atoms with Crippen LogP contribution in [-0.4, -0.2) is 37.6 Å². The Morgan fingerprint density at radius 3 is 2.82 bits per heavy atom. The summed E-state index contributed by atoms with van der Waals surface area (Å²) >= 11 is 12.9. The third-order valence-corrected chi connectivity index (χ3v) is 5.42. The molecule has 0 radical (unpaired) electrons. The number of hydrogen-bond donors (Lipinski definition) is 0. The van der Waals surface area contributed by atoms with Crippen molar-refractivity contribution in [2.75, 3.05) is 6.54 Å². The molecule has 0 bridgehead atoms. The Bertz CT molecular complexity index is 601. The van der Waals surface area contributed by atoms with Gasteiger partial charge in [-0.15, -0.1) is 0 Å². The lowest BCUT2D eigenvalue weighted by Gasteiger charge is -2.29. The first-order valence-corrected chi connectivity index (χ1v) is 8.62. The SMILES string of the molecule is CCCN1C(=S)SC(C)(C)[C@H]1/[N+]([O-])=C/c1c(F)cccc1Cl. The molecule has 1 aromatic rings. The van der Waals surface area contributed by atoms with Gasteiger partial charge in [0.25, 0.3) is 6.17 Å². The summed E-state index contributed by atoms with van der Waals surface area (Å²) in [5, 5.41) is 12.9. The van der Waals surface area contributed by atoms with E-state index >= 15 is 0 Å². The van der Waals surface area contributed by atoms with E-state index in [4.69, 9.17) is 23.8 Å². The summed E-state index contributed by atoms with van der Waals surface area (Å²) in [6.45, 7) is 6.65. The number of benzene rings is 1. The Balaban J connectivity index is 2.43. The number of hydrogen-bond acceptors (Lipinski definition) is 3. The van der Waals surface area contributed by atoms with E-state index in [1.807, 2.05) is 25.7 Å². The molecule has 1 fully saturated rings. The van der Waals surface area contributed by atoms with Gasteiger partial charge in [-0.1, -0.05) is 48.6 Å². The minimum Gasteiger partial charge on any atom is -0.622 e. The molecule has 0 unspecified atom stereocenters. The molecule has 0 spiro atoms. The molecule has 1 aliphatic heterocycles. The second-order valence-corrected chi connectivity index (χ2v) is 8.36. The van der Waals surface area contributed by atoms with Crippen LogP contribution in [0.4, 0.5) is 4.39 Å². The standard InChI is InChI=1S/C15H18ClFN2OS2/c1-4-8-18-13(15(2,3)22-14(18)21)19(20)9-10-11(16)6-5-7-12(10)17/h5-7,9,13H,4,8H2,1-3H3/b19-9-/t13-/m1/s1. The molecule has 2 rings (SSSR count). The van der Waals surface area contributed by atoms with E-state index < -0.39 is 12.0 Å². The van der Waals surface area contributed by atoms with Gasteiger partial charge in [-0.3, -0.25) is 4.90 Å². The molecule has 120 valence electrons. The fourth-order valence-electron chi connectivity index (χ4n) is 2.54. The molecule has 0 aliphatic carbocycles. The molecule has 0 N–H and O–H groups in total. The fourth-order valence-corrected chi connectivity index (χ4v) is 4.68. The molecule has 1 atom stereocenters. The summed E-state index contributed by atoms with van der Waals surface area (Å²) in [6.07, 6.45) is 1.61. The van der Waals surface area contributed by atoms with Crippen LogP contribution in [0.25, 0.3) is 0 Å². The summed E-state index contributed by atoms with van der Waals surface area (Å²) in [5.41, 5.74) is 0.106. The molecular weight excluding hydrogens is 343 g/mol. The highest BCUT2D eigenvalue weighted by molar-refractivity contribution is 8.24. The van der Waals surface area contributed by atoms with Crippen molar-refractivity contribution >= 4 is 46.1 Å². The Morgan fingerprint density at radius 2 is 2.23 bits per heavy atom. The minimum absolute atomic E-state index is 0.106. The molecule has 3 nitrogen and oxygen atoms in total. The van der Waals surface area contributed by atoms with Crippen molar-refractivity contribution in [2.45, 2.75) is 38.1 Å². The number of halogens is 2. The number of thiocarbonyl (C=S) groups is 1. The van der Waals surface area contributed by atoms with Gasteiger partial charge in [-0.25, -0.2) is 4.39 Å². The van der Waals surface area contributed by atoms with E-state index in [0.717, 1.165) is 11.2 Å². The van der Waals surface area contributed by atoms with E-state index in [-0.39, 0.29) is 15.3 Å². The van der Waals surface area contributed by atoms with Crippen LogP contribution in [0.3, 0.4) is 0 Å². The maximum atomic E-state index is 13.9. The predicted molar refractivity (Wildman–Crippen MR) is 95.3 cm³/mol. The lowest BCUT2D eigenvalue weighted by molar-refractivity contribution is -0.523. The van der Waals surface area contributed by atoms with Crippen LogP contribution in [0.2, 0.25) is 5.02 Å². The predicted octanol–water partition coefficient (Wildman–Crippen LogP) is 4.26. The summed E-state index contributed by atoms with van der Waals surface area (Å²) in [4.78, 5) is 1.90. The maximum Gasteiger partial charge on any atom is 0.254 e. The molecule has 1 aliphatic rings. The van der Waals surface area contributed by atoms with Crippen LogP contribution in [0.1, 0.15) is 32.8 Å². The van der Waals surface area contributed by atoms with Gasteiger partial charge in [0.05, 0.1) is 10.6 Å². The highest BCUT2D eigenvalue weighted by Crippen LogP contribution is 2.41. The molecule has 1 saturated heterocycles. The average Bonchev–Trinajstić information content (AvgIpc) is 2.64. The Labute approximate surface area is 144 Å². The molecular formula is C15H18ClFN2OS2. The fraction of sp³-hybridized carbons (Fsp3) is 0.467. The Hall–Kier alpha value is -0.850. The van der Waals surface area contributed by atoms with E-state index in [1.54, 1.807) is 6.07 Å². The van der Waals surface area contributed by atoms with Crippen LogP contribution >= 0.6 is 35.6 Å². The van der Waals surface area contributed by atoms with E-state index in [9.17, 15) is 9.60 Å². The Morgan fingerprint density at radius 1 is 1.55 bits per heavy atom. The normalized spacial score (nSPS) is 21.5. The van der Waals surface area contributed by atoms with Gasteiger partial charge < -0.3 is 5.21 Å². The van der Waals surface area contributed by atoms with Gasteiger partial charge in [0, 0.05) is 6.54 Å². The maximum absolute atomic E-state index is 13.9. The quantitative estimate of drug-likeness (QED) is 0.264. The second-order valence-electron chi connectivity index (χ2n) is 5.66. The Kier molecular flexibility index (Phi) is 5.35. The van der Waals surface area contributed by atoms with Crippen LogP contribution < -0.4 is 0 Å². The molecule has 22 heavy (non-hydrogen) atoms. The molecule has 1 aromatic carbocycles. The number of hydroxylamine groups is 1. The molecule has 0 amide bonds. The summed E-state index contributed by atoms with van der Waals surface area (Å²) in [7, 11) is 0. The van der Waals surface area contributed by atoms with Crippen LogP contribution in [0.5, 0.6) is 0 Å². The zero-order valence-electron chi connectivity index (χ0n) is 12.7. The first-order valence-electron chi connectivity index (χ1n) is 7.02. The van der Waals surface area contributed by atoms with Crippen LogP contribution in [0, 0.1) is 11.0 Å². The first-order chi connectivity index (χ1) is 10.3. The lowest BCUT2D eigenvalue weighted by Crippen LogP contribution is -2.48.